The molecule has 0 radical (unpaired) electrons. The number of methoxy groups -OCH3 is 1. The highest BCUT2D eigenvalue weighted by Crippen LogP contribution is 2.29. The molecule has 0 saturated carbocycles. The van der Waals surface area contributed by atoms with E-state index in [1.807, 2.05) is 6.07 Å². The van der Waals surface area contributed by atoms with Gasteiger partial charge in [-0.3, -0.25) is 4.57 Å². The lowest BCUT2D eigenvalue weighted by Gasteiger charge is -2.30. The average molecular weight is 590 g/mol. The lowest BCUT2D eigenvalue weighted by Crippen LogP contribution is -2.53. The molecule has 2 aromatic heterocycles. The van der Waals surface area contributed by atoms with Crippen LogP contribution < -0.4 is 10.5 Å². The lowest BCUT2D eigenvalue weighted by molar-refractivity contribution is -0.192. The second-order valence-electron chi connectivity index (χ2n) is 8.83. The number of anilines is 1. The van der Waals surface area contributed by atoms with Crippen molar-refractivity contribution >= 4 is 40.5 Å². The minimum atomic E-state index is -2.81. The third-order valence-corrected chi connectivity index (χ3v) is 6.34. The first kappa shape index (κ1) is 29.6. The van der Waals surface area contributed by atoms with Crippen molar-refractivity contribution in [1.82, 2.24) is 19.5 Å². The third kappa shape index (κ3) is 6.36. The quantitative estimate of drug-likeness (QED) is 0.132. The molecule has 4 rings (SSSR count). The van der Waals surface area contributed by atoms with Crippen LogP contribution in [0, 0.1) is 0 Å². The fourth-order valence-electron chi connectivity index (χ4n) is 4.01. The maximum Gasteiger partial charge on any atom is 0.348 e. The van der Waals surface area contributed by atoms with E-state index >= 15 is 4.39 Å². The van der Waals surface area contributed by atoms with Crippen LogP contribution in [-0.4, -0.2) is 78.3 Å². The van der Waals surface area contributed by atoms with Gasteiger partial charge in [0.2, 0.25) is 11.6 Å². The number of hydrogen-bond acceptors (Lipinski definition) is 10. The summed E-state index contributed by atoms with van der Waals surface area (Å²) in [6.07, 6.45) is -5.39. The van der Waals surface area contributed by atoms with Crippen LogP contribution in [0.4, 0.5) is 10.2 Å². The molecule has 41 heavy (non-hydrogen) atoms. The molecule has 0 aliphatic carbocycles. The SMILES string of the molecule is CO[C@H](COC(Cc1cccc(Oc2ccccc2)c1)(C(=O)O)C(=O)O)[C@@H](O)[C@H](F)n1cnc2c(N)nc(Cl)nc21. The van der Waals surface area contributed by atoms with E-state index in [0.717, 1.165) is 18.0 Å². The molecule has 2 aromatic carbocycles. The summed E-state index contributed by atoms with van der Waals surface area (Å²) < 4.78 is 32.6. The van der Waals surface area contributed by atoms with E-state index in [1.54, 1.807) is 36.4 Å². The Labute approximate surface area is 236 Å². The molecule has 5 N–H and O–H groups in total. The second-order valence-corrected chi connectivity index (χ2v) is 9.17. The number of fused-ring (bicyclic) bond motifs is 1. The van der Waals surface area contributed by atoms with Crippen LogP contribution in [0.3, 0.4) is 0 Å². The zero-order valence-corrected chi connectivity index (χ0v) is 22.2. The summed E-state index contributed by atoms with van der Waals surface area (Å²) >= 11 is 5.81. The Morgan fingerprint density at radius 2 is 1.78 bits per heavy atom. The first-order valence-electron chi connectivity index (χ1n) is 12.0. The number of nitrogens with zero attached hydrogens (tertiary/aromatic N) is 4. The summed E-state index contributed by atoms with van der Waals surface area (Å²) in [6.45, 7) is -0.818. The first-order valence-corrected chi connectivity index (χ1v) is 12.4. The van der Waals surface area contributed by atoms with E-state index in [4.69, 9.17) is 31.5 Å². The van der Waals surface area contributed by atoms with Crippen LogP contribution in [0.1, 0.15) is 11.9 Å². The van der Waals surface area contributed by atoms with Crippen molar-refractivity contribution in [2.75, 3.05) is 19.5 Å². The maximum atomic E-state index is 15.4. The summed E-state index contributed by atoms with van der Waals surface area (Å²) in [5.74, 6) is -2.90. The Bertz CT molecular complexity index is 1530. The highest BCUT2D eigenvalue weighted by molar-refractivity contribution is 6.28. The number of halogens is 2. The third-order valence-electron chi connectivity index (χ3n) is 6.17. The van der Waals surface area contributed by atoms with E-state index in [9.17, 15) is 24.9 Å². The molecule has 0 aliphatic heterocycles. The summed E-state index contributed by atoms with van der Waals surface area (Å²) in [5, 5.41) is 30.4. The number of aromatic nitrogens is 4. The molecule has 216 valence electrons. The standard InChI is InChI=1S/C26H25ClFN5O8/c1-39-17(19(34)20(28)33-13-30-18-21(29)31-25(27)32-22(18)33)12-40-26(23(35)36,24(37)38)11-14-6-5-9-16(10-14)41-15-7-3-2-4-8-15/h2-10,13,17,19-20,34H,11-12H2,1H3,(H,35,36)(H,37,38)(H2,29,31,32)/t17-,19-,20-/m1/s1. The summed E-state index contributed by atoms with van der Waals surface area (Å²) in [7, 11) is 1.11. The molecular weight excluding hydrogens is 565 g/mol. The number of alkyl halides is 1. The Hall–Kier alpha value is -4.37. The topological polar surface area (TPSA) is 192 Å². The van der Waals surface area contributed by atoms with E-state index in [1.165, 1.54) is 12.1 Å². The highest BCUT2D eigenvalue weighted by atomic mass is 35.5. The van der Waals surface area contributed by atoms with Crippen molar-refractivity contribution in [2.24, 2.45) is 0 Å². The number of carboxylic acids is 2. The molecule has 0 aliphatic rings. The van der Waals surface area contributed by atoms with Crippen LogP contribution in [0.15, 0.2) is 60.9 Å². The van der Waals surface area contributed by atoms with Crippen molar-refractivity contribution in [1.29, 1.82) is 0 Å². The largest absolute Gasteiger partial charge is 0.479 e. The lowest BCUT2D eigenvalue weighted by atomic mass is 9.94. The van der Waals surface area contributed by atoms with Gasteiger partial charge in [0.05, 0.1) is 12.9 Å². The van der Waals surface area contributed by atoms with Crippen molar-refractivity contribution < 1.29 is 43.5 Å². The minimum Gasteiger partial charge on any atom is -0.479 e. The molecule has 2 heterocycles. The van der Waals surface area contributed by atoms with Gasteiger partial charge in [-0.05, 0) is 41.4 Å². The molecule has 3 atom stereocenters. The highest BCUT2D eigenvalue weighted by Gasteiger charge is 2.49. The van der Waals surface area contributed by atoms with E-state index in [0.29, 0.717) is 11.5 Å². The van der Waals surface area contributed by atoms with E-state index < -0.39 is 49.1 Å². The van der Waals surface area contributed by atoms with Gasteiger partial charge in [-0.1, -0.05) is 30.3 Å². The Morgan fingerprint density at radius 3 is 2.44 bits per heavy atom. The molecule has 0 unspecified atom stereocenters. The Morgan fingerprint density at radius 1 is 1.10 bits per heavy atom. The number of aliphatic hydroxyl groups is 1. The predicted octanol–water partition coefficient (Wildman–Crippen LogP) is 2.87. The molecule has 13 nitrogen and oxygen atoms in total. The number of carboxylic acid groups (broad SMARTS) is 2. The molecule has 0 spiro atoms. The number of imidazole rings is 1. The van der Waals surface area contributed by atoms with Crippen molar-refractivity contribution in [2.45, 2.75) is 30.5 Å². The molecular formula is C26H25ClFN5O8. The van der Waals surface area contributed by atoms with Crippen molar-refractivity contribution in [3.63, 3.8) is 0 Å². The average Bonchev–Trinajstić information content (AvgIpc) is 3.36. The smallest absolute Gasteiger partial charge is 0.348 e. The summed E-state index contributed by atoms with van der Waals surface area (Å²) in [4.78, 5) is 36.1. The fraction of sp³-hybridized carbons (Fsp3) is 0.269. The Kier molecular flexibility index (Phi) is 8.98. The molecule has 0 amide bonds. The van der Waals surface area contributed by atoms with Gasteiger partial charge in [-0.15, -0.1) is 0 Å². The second kappa shape index (κ2) is 12.4. The van der Waals surface area contributed by atoms with E-state index in [-0.39, 0.29) is 27.8 Å². The number of para-hydroxylation sites is 1. The van der Waals surface area contributed by atoms with Crippen LogP contribution in [0.5, 0.6) is 11.5 Å². The number of carbonyl (C=O) groups is 2. The van der Waals surface area contributed by atoms with Crippen LogP contribution in [0.2, 0.25) is 5.28 Å². The molecule has 0 fully saturated rings. The number of rotatable bonds is 13. The summed E-state index contributed by atoms with van der Waals surface area (Å²) in [6, 6.07) is 14.9. The van der Waals surface area contributed by atoms with E-state index in [2.05, 4.69) is 15.0 Å². The van der Waals surface area contributed by atoms with Gasteiger partial charge in [0.15, 0.2) is 11.5 Å². The van der Waals surface area contributed by atoms with Gasteiger partial charge in [0.1, 0.15) is 29.2 Å². The van der Waals surface area contributed by atoms with Gasteiger partial charge in [0, 0.05) is 13.5 Å². The van der Waals surface area contributed by atoms with Gasteiger partial charge in [0.25, 0.3) is 5.60 Å². The Balaban J connectivity index is 1.54. The zero-order valence-electron chi connectivity index (χ0n) is 21.4. The molecule has 0 bridgehead atoms. The first-order chi connectivity index (χ1) is 19.6. The maximum absolute atomic E-state index is 15.4. The number of aliphatic hydroxyl groups excluding tert-OH is 1. The molecule has 4 aromatic rings. The van der Waals surface area contributed by atoms with Gasteiger partial charge in [-0.2, -0.15) is 9.97 Å². The predicted molar refractivity (Wildman–Crippen MR) is 142 cm³/mol. The fourth-order valence-corrected chi connectivity index (χ4v) is 4.18. The number of aliphatic carboxylic acids is 2. The zero-order chi connectivity index (χ0) is 29.7. The van der Waals surface area contributed by atoms with Gasteiger partial charge >= 0.3 is 11.9 Å². The number of nitrogen functional groups attached to an aromatic ring is 1. The van der Waals surface area contributed by atoms with Gasteiger partial charge in [-0.25, -0.2) is 19.0 Å². The monoisotopic (exact) mass is 589 g/mol. The normalized spacial score (nSPS) is 14.0. The minimum absolute atomic E-state index is 0.0312. The van der Waals surface area contributed by atoms with Crippen molar-refractivity contribution in [3.8, 4) is 11.5 Å². The number of benzene rings is 2. The van der Waals surface area contributed by atoms with Crippen LogP contribution in [-0.2, 0) is 25.5 Å². The van der Waals surface area contributed by atoms with Crippen molar-refractivity contribution in [3.05, 3.63) is 71.8 Å². The summed E-state index contributed by atoms with van der Waals surface area (Å²) in [5.41, 5.74) is 3.10. The molecule has 0 saturated heterocycles. The number of nitrogens with two attached hydrogens (primary N) is 1. The van der Waals surface area contributed by atoms with Crippen LogP contribution in [0.25, 0.3) is 11.2 Å². The van der Waals surface area contributed by atoms with Crippen LogP contribution >= 0.6 is 11.6 Å². The number of hydrogen-bond donors (Lipinski definition) is 4. The number of ether oxygens (including phenoxy) is 3. The molecule has 15 heteroatoms. The van der Waals surface area contributed by atoms with Gasteiger partial charge < -0.3 is 35.3 Å².